The fourth-order valence-corrected chi connectivity index (χ4v) is 2.00. The second-order valence-corrected chi connectivity index (χ2v) is 3.90. The Kier molecular flexibility index (Phi) is 3.67. The Hall–Kier alpha value is -0.630. The van der Waals surface area contributed by atoms with Gasteiger partial charge in [0.2, 0.25) is 0 Å². The highest BCUT2D eigenvalue weighted by atomic mass is 16.1. The summed E-state index contributed by atoms with van der Waals surface area (Å²) in [4.78, 5) is 13.6. The van der Waals surface area contributed by atoms with Gasteiger partial charge in [-0.3, -0.25) is 9.69 Å². The minimum atomic E-state index is 0.0937. The molecule has 2 unspecified atom stereocenters. The molecule has 2 heteroatoms. The fraction of sp³-hybridized carbons (Fsp3) is 0.727. The molecule has 13 heavy (non-hydrogen) atoms. The van der Waals surface area contributed by atoms with Crippen LogP contribution in [0.4, 0.5) is 0 Å². The summed E-state index contributed by atoms with van der Waals surface area (Å²) in [6, 6.07) is 0.0937. The number of likely N-dealkylation sites (N-methyl/N-ethyl adjacent to an activating group) is 1. The monoisotopic (exact) mass is 181 g/mol. The standard InChI is InChI=1S/C11H19NO/c1-4-9-6-7-12(3)10(8-9)11(13)5-2/h5,9-10H,2,4,6-8H2,1,3H3. The van der Waals surface area contributed by atoms with E-state index >= 15 is 0 Å². The van der Waals surface area contributed by atoms with Crippen molar-refractivity contribution in [2.75, 3.05) is 13.6 Å². The minimum absolute atomic E-state index is 0.0937. The molecule has 2 nitrogen and oxygen atoms in total. The van der Waals surface area contributed by atoms with Crippen LogP contribution in [0.25, 0.3) is 0 Å². The number of hydrogen-bond donors (Lipinski definition) is 0. The highest BCUT2D eigenvalue weighted by Gasteiger charge is 2.28. The Morgan fingerprint density at radius 1 is 1.69 bits per heavy atom. The van der Waals surface area contributed by atoms with E-state index < -0.39 is 0 Å². The van der Waals surface area contributed by atoms with E-state index in [-0.39, 0.29) is 11.8 Å². The Morgan fingerprint density at radius 2 is 2.38 bits per heavy atom. The maximum Gasteiger partial charge on any atom is 0.172 e. The molecule has 0 bridgehead atoms. The third kappa shape index (κ3) is 2.41. The van der Waals surface area contributed by atoms with Gasteiger partial charge in [0.05, 0.1) is 6.04 Å². The summed E-state index contributed by atoms with van der Waals surface area (Å²) in [6.07, 6.45) is 4.89. The third-order valence-electron chi connectivity index (χ3n) is 3.09. The quantitative estimate of drug-likeness (QED) is 0.619. The maximum atomic E-state index is 11.5. The van der Waals surface area contributed by atoms with Crippen LogP contribution in [0.3, 0.4) is 0 Å². The van der Waals surface area contributed by atoms with Gasteiger partial charge in [-0.05, 0) is 38.4 Å². The van der Waals surface area contributed by atoms with Gasteiger partial charge in [0.25, 0.3) is 0 Å². The van der Waals surface area contributed by atoms with Crippen LogP contribution in [0.1, 0.15) is 26.2 Å². The second-order valence-electron chi connectivity index (χ2n) is 3.90. The molecule has 0 aromatic rings. The zero-order valence-corrected chi connectivity index (χ0v) is 8.62. The molecule has 1 fully saturated rings. The summed E-state index contributed by atoms with van der Waals surface area (Å²) < 4.78 is 0. The number of nitrogens with zero attached hydrogens (tertiary/aromatic N) is 1. The van der Waals surface area contributed by atoms with Gasteiger partial charge in [0.15, 0.2) is 5.78 Å². The molecule has 0 saturated carbocycles. The average molecular weight is 181 g/mol. The molecule has 1 heterocycles. The Bertz CT molecular complexity index is 200. The van der Waals surface area contributed by atoms with Crippen LogP contribution in [0.5, 0.6) is 0 Å². The van der Waals surface area contributed by atoms with Gasteiger partial charge in [-0.15, -0.1) is 0 Å². The minimum Gasteiger partial charge on any atom is -0.296 e. The Labute approximate surface area is 80.6 Å². The molecule has 2 atom stereocenters. The van der Waals surface area contributed by atoms with Crippen molar-refractivity contribution in [1.29, 1.82) is 0 Å². The van der Waals surface area contributed by atoms with Crippen molar-refractivity contribution in [3.05, 3.63) is 12.7 Å². The molecule has 1 aliphatic rings. The van der Waals surface area contributed by atoms with Crippen molar-refractivity contribution in [2.24, 2.45) is 5.92 Å². The number of piperidine rings is 1. The summed E-state index contributed by atoms with van der Waals surface area (Å²) in [6.45, 7) is 6.79. The Balaban J connectivity index is 2.59. The molecule has 0 spiro atoms. The molecule has 0 amide bonds. The third-order valence-corrected chi connectivity index (χ3v) is 3.09. The lowest BCUT2D eigenvalue weighted by Crippen LogP contribution is -2.44. The number of likely N-dealkylation sites (tertiary alicyclic amines) is 1. The smallest absolute Gasteiger partial charge is 0.172 e. The Morgan fingerprint density at radius 3 is 2.92 bits per heavy atom. The van der Waals surface area contributed by atoms with Crippen LogP contribution in [-0.4, -0.2) is 30.3 Å². The van der Waals surface area contributed by atoms with Crippen LogP contribution in [-0.2, 0) is 4.79 Å². The summed E-state index contributed by atoms with van der Waals surface area (Å²) in [5, 5.41) is 0. The van der Waals surface area contributed by atoms with Crippen LogP contribution in [0.2, 0.25) is 0 Å². The van der Waals surface area contributed by atoms with E-state index in [0.717, 1.165) is 18.9 Å². The van der Waals surface area contributed by atoms with Crippen molar-refractivity contribution in [1.82, 2.24) is 4.90 Å². The summed E-state index contributed by atoms with van der Waals surface area (Å²) in [7, 11) is 2.03. The highest BCUT2D eigenvalue weighted by Crippen LogP contribution is 2.24. The van der Waals surface area contributed by atoms with Crippen LogP contribution in [0, 0.1) is 5.92 Å². The lowest BCUT2D eigenvalue weighted by Gasteiger charge is -2.35. The van der Waals surface area contributed by atoms with E-state index in [9.17, 15) is 4.79 Å². The molecular formula is C11H19NO. The number of hydrogen-bond acceptors (Lipinski definition) is 2. The van der Waals surface area contributed by atoms with E-state index in [2.05, 4.69) is 18.4 Å². The van der Waals surface area contributed by atoms with Gasteiger partial charge in [-0.2, -0.15) is 0 Å². The van der Waals surface area contributed by atoms with Gasteiger partial charge in [0.1, 0.15) is 0 Å². The number of ketones is 1. The van der Waals surface area contributed by atoms with E-state index in [4.69, 9.17) is 0 Å². The van der Waals surface area contributed by atoms with Crippen molar-refractivity contribution >= 4 is 5.78 Å². The van der Waals surface area contributed by atoms with Crippen LogP contribution < -0.4 is 0 Å². The lowest BCUT2D eigenvalue weighted by molar-refractivity contribution is -0.120. The number of carbonyl (C=O) groups excluding carboxylic acids is 1. The zero-order valence-electron chi connectivity index (χ0n) is 8.62. The summed E-state index contributed by atoms with van der Waals surface area (Å²) >= 11 is 0. The molecule has 0 aliphatic carbocycles. The van der Waals surface area contributed by atoms with E-state index in [1.165, 1.54) is 18.9 Å². The molecule has 0 aromatic carbocycles. The maximum absolute atomic E-state index is 11.5. The van der Waals surface area contributed by atoms with Crippen LogP contribution in [0.15, 0.2) is 12.7 Å². The number of carbonyl (C=O) groups is 1. The normalized spacial score (nSPS) is 30.0. The molecule has 1 rings (SSSR count). The predicted octanol–water partition coefficient (Wildman–Crippen LogP) is 1.86. The fourth-order valence-electron chi connectivity index (χ4n) is 2.00. The van der Waals surface area contributed by atoms with Crippen molar-refractivity contribution in [3.8, 4) is 0 Å². The molecule has 74 valence electrons. The van der Waals surface area contributed by atoms with Crippen molar-refractivity contribution < 1.29 is 4.79 Å². The van der Waals surface area contributed by atoms with Crippen molar-refractivity contribution in [3.63, 3.8) is 0 Å². The number of rotatable bonds is 3. The first kappa shape index (κ1) is 10.5. The molecular weight excluding hydrogens is 162 g/mol. The average Bonchev–Trinajstić information content (AvgIpc) is 2.17. The van der Waals surface area contributed by atoms with E-state index in [0.29, 0.717) is 0 Å². The predicted molar refractivity (Wildman–Crippen MR) is 54.6 cm³/mol. The van der Waals surface area contributed by atoms with Gasteiger partial charge in [-0.25, -0.2) is 0 Å². The van der Waals surface area contributed by atoms with E-state index in [1.54, 1.807) is 0 Å². The first-order valence-corrected chi connectivity index (χ1v) is 5.05. The largest absolute Gasteiger partial charge is 0.296 e. The van der Waals surface area contributed by atoms with Gasteiger partial charge in [0, 0.05) is 0 Å². The molecule has 0 aromatic heterocycles. The topological polar surface area (TPSA) is 20.3 Å². The molecule has 0 N–H and O–H groups in total. The van der Waals surface area contributed by atoms with Gasteiger partial charge < -0.3 is 0 Å². The van der Waals surface area contributed by atoms with E-state index in [1.807, 2.05) is 7.05 Å². The lowest BCUT2D eigenvalue weighted by atomic mass is 9.87. The van der Waals surface area contributed by atoms with Gasteiger partial charge in [-0.1, -0.05) is 19.9 Å². The molecule has 0 radical (unpaired) electrons. The molecule has 1 saturated heterocycles. The van der Waals surface area contributed by atoms with Gasteiger partial charge >= 0.3 is 0 Å². The SMILES string of the molecule is C=CC(=O)C1CC(CC)CCN1C. The molecule has 1 aliphatic heterocycles. The van der Waals surface area contributed by atoms with Crippen LogP contribution >= 0.6 is 0 Å². The van der Waals surface area contributed by atoms with Crippen molar-refractivity contribution in [2.45, 2.75) is 32.2 Å². The first-order chi connectivity index (χ1) is 6.19. The second kappa shape index (κ2) is 4.56. The summed E-state index contributed by atoms with van der Waals surface area (Å²) in [5.41, 5.74) is 0. The highest BCUT2D eigenvalue weighted by molar-refractivity contribution is 5.93. The zero-order chi connectivity index (χ0) is 9.84. The first-order valence-electron chi connectivity index (χ1n) is 5.05. The summed E-state index contributed by atoms with van der Waals surface area (Å²) in [5.74, 6) is 0.908.